The second kappa shape index (κ2) is 7.96. The van der Waals surface area contributed by atoms with E-state index in [2.05, 4.69) is 21.4 Å². The molecule has 0 amide bonds. The number of hydrogen-bond donors (Lipinski definition) is 1. The average molecular weight is 322 g/mol. The van der Waals surface area contributed by atoms with Gasteiger partial charge < -0.3 is 9.67 Å². The molecule has 1 aromatic carbocycles. The lowest BCUT2D eigenvalue weighted by atomic mass is 10.2. The van der Waals surface area contributed by atoms with E-state index in [0.717, 1.165) is 17.9 Å². The third kappa shape index (κ3) is 4.58. The van der Waals surface area contributed by atoms with Crippen molar-refractivity contribution in [3.63, 3.8) is 0 Å². The van der Waals surface area contributed by atoms with E-state index < -0.39 is 5.97 Å². The Hall–Kier alpha value is -1.85. The number of carbonyl (C=O) groups is 1. The highest BCUT2D eigenvalue weighted by Crippen LogP contribution is 2.18. The number of benzene rings is 1. The second-order valence-corrected chi connectivity index (χ2v) is 5.48. The SMILES string of the molecule is CCn1ccnc1CN(CCC(=O)O)Cc1ccccc1Cl. The molecule has 0 bridgehead atoms. The summed E-state index contributed by atoms with van der Waals surface area (Å²) in [6, 6.07) is 7.63. The summed E-state index contributed by atoms with van der Waals surface area (Å²) in [5, 5.41) is 9.63. The zero-order valence-corrected chi connectivity index (χ0v) is 13.3. The van der Waals surface area contributed by atoms with E-state index in [1.807, 2.05) is 30.5 Å². The number of carboxylic acid groups (broad SMARTS) is 1. The Morgan fingerprint density at radius 1 is 1.36 bits per heavy atom. The number of rotatable bonds is 8. The minimum Gasteiger partial charge on any atom is -0.481 e. The topological polar surface area (TPSA) is 58.4 Å². The normalized spacial score (nSPS) is 11.0. The van der Waals surface area contributed by atoms with Crippen LogP contribution in [0.15, 0.2) is 36.7 Å². The maximum atomic E-state index is 10.9. The van der Waals surface area contributed by atoms with Crippen LogP contribution < -0.4 is 0 Å². The van der Waals surface area contributed by atoms with Crippen LogP contribution in [0.25, 0.3) is 0 Å². The highest BCUT2D eigenvalue weighted by atomic mass is 35.5. The Bertz CT molecular complexity index is 627. The molecule has 0 spiro atoms. The van der Waals surface area contributed by atoms with Gasteiger partial charge in [0, 0.05) is 37.1 Å². The number of halogens is 1. The van der Waals surface area contributed by atoms with Gasteiger partial charge in [-0.15, -0.1) is 0 Å². The van der Waals surface area contributed by atoms with Crippen LogP contribution in [-0.2, 0) is 24.4 Å². The number of carboxylic acids is 1. The van der Waals surface area contributed by atoms with Crippen LogP contribution in [-0.4, -0.2) is 32.1 Å². The predicted molar refractivity (Wildman–Crippen MR) is 85.7 cm³/mol. The summed E-state index contributed by atoms with van der Waals surface area (Å²) in [4.78, 5) is 17.3. The number of aromatic nitrogens is 2. The summed E-state index contributed by atoms with van der Waals surface area (Å²) in [7, 11) is 0. The van der Waals surface area contributed by atoms with Gasteiger partial charge in [0.25, 0.3) is 0 Å². The third-order valence-corrected chi connectivity index (χ3v) is 3.87. The molecule has 0 radical (unpaired) electrons. The smallest absolute Gasteiger partial charge is 0.304 e. The van der Waals surface area contributed by atoms with Crippen LogP contribution in [0.5, 0.6) is 0 Å². The van der Waals surface area contributed by atoms with E-state index in [4.69, 9.17) is 16.7 Å². The van der Waals surface area contributed by atoms with E-state index >= 15 is 0 Å². The van der Waals surface area contributed by atoms with E-state index in [1.165, 1.54) is 0 Å². The molecule has 0 atom stereocenters. The lowest BCUT2D eigenvalue weighted by Crippen LogP contribution is -2.27. The molecular formula is C16H20ClN3O2. The Morgan fingerprint density at radius 2 is 2.14 bits per heavy atom. The first-order valence-corrected chi connectivity index (χ1v) is 7.65. The first-order valence-electron chi connectivity index (χ1n) is 7.27. The zero-order chi connectivity index (χ0) is 15.9. The van der Waals surface area contributed by atoms with Gasteiger partial charge in [-0.3, -0.25) is 9.69 Å². The van der Waals surface area contributed by atoms with E-state index in [9.17, 15) is 4.79 Å². The largest absolute Gasteiger partial charge is 0.481 e. The quantitative estimate of drug-likeness (QED) is 0.812. The van der Waals surface area contributed by atoms with Gasteiger partial charge in [-0.1, -0.05) is 29.8 Å². The van der Waals surface area contributed by atoms with Crippen molar-refractivity contribution in [1.82, 2.24) is 14.5 Å². The summed E-state index contributed by atoms with van der Waals surface area (Å²) >= 11 is 6.21. The van der Waals surface area contributed by atoms with Gasteiger partial charge in [-0.2, -0.15) is 0 Å². The minimum absolute atomic E-state index is 0.0945. The van der Waals surface area contributed by atoms with E-state index in [0.29, 0.717) is 24.7 Å². The number of aryl methyl sites for hydroxylation is 1. The van der Waals surface area contributed by atoms with Crippen molar-refractivity contribution in [3.8, 4) is 0 Å². The number of imidazole rings is 1. The summed E-state index contributed by atoms with van der Waals surface area (Å²) in [6.45, 7) is 4.55. The number of nitrogens with zero attached hydrogens (tertiary/aromatic N) is 3. The molecule has 118 valence electrons. The van der Waals surface area contributed by atoms with Crippen LogP contribution in [0.3, 0.4) is 0 Å². The molecule has 1 N–H and O–H groups in total. The van der Waals surface area contributed by atoms with Gasteiger partial charge in [0.1, 0.15) is 5.82 Å². The Morgan fingerprint density at radius 3 is 2.82 bits per heavy atom. The number of hydrogen-bond acceptors (Lipinski definition) is 3. The molecule has 0 aliphatic carbocycles. The monoisotopic (exact) mass is 321 g/mol. The van der Waals surface area contributed by atoms with E-state index in [1.54, 1.807) is 6.20 Å². The van der Waals surface area contributed by atoms with Gasteiger partial charge in [0.15, 0.2) is 0 Å². The van der Waals surface area contributed by atoms with Crippen molar-refractivity contribution in [3.05, 3.63) is 53.1 Å². The first-order chi connectivity index (χ1) is 10.6. The van der Waals surface area contributed by atoms with E-state index in [-0.39, 0.29) is 6.42 Å². The molecule has 22 heavy (non-hydrogen) atoms. The Labute approximate surface area is 135 Å². The molecule has 1 heterocycles. The van der Waals surface area contributed by atoms with Gasteiger partial charge >= 0.3 is 5.97 Å². The van der Waals surface area contributed by atoms with Crippen molar-refractivity contribution in [2.45, 2.75) is 33.0 Å². The Balaban J connectivity index is 2.12. The molecule has 0 saturated carbocycles. The minimum atomic E-state index is -0.803. The maximum absolute atomic E-state index is 10.9. The summed E-state index contributed by atoms with van der Waals surface area (Å²) in [6.07, 6.45) is 3.79. The standard InChI is InChI=1S/C16H20ClN3O2/c1-2-20-10-8-18-15(20)12-19(9-7-16(21)22)11-13-5-3-4-6-14(13)17/h3-6,8,10H,2,7,9,11-12H2,1H3,(H,21,22). The third-order valence-electron chi connectivity index (χ3n) is 3.50. The summed E-state index contributed by atoms with van der Waals surface area (Å²) in [5.74, 6) is 0.128. The van der Waals surface area contributed by atoms with Gasteiger partial charge in [-0.05, 0) is 18.6 Å². The molecular weight excluding hydrogens is 302 g/mol. The summed E-state index contributed by atoms with van der Waals surface area (Å²) in [5.41, 5.74) is 0.990. The van der Waals surface area contributed by atoms with Crippen molar-refractivity contribution in [2.24, 2.45) is 0 Å². The van der Waals surface area contributed by atoms with Gasteiger partial charge in [0.2, 0.25) is 0 Å². The van der Waals surface area contributed by atoms with Crippen molar-refractivity contribution >= 4 is 17.6 Å². The molecule has 2 aromatic rings. The second-order valence-electron chi connectivity index (χ2n) is 5.08. The fraction of sp³-hybridized carbons (Fsp3) is 0.375. The molecule has 0 aliphatic heterocycles. The van der Waals surface area contributed by atoms with Crippen molar-refractivity contribution in [2.75, 3.05) is 6.54 Å². The predicted octanol–water partition coefficient (Wildman–Crippen LogP) is 3.03. The molecule has 2 rings (SSSR count). The highest BCUT2D eigenvalue weighted by molar-refractivity contribution is 6.31. The molecule has 0 aliphatic rings. The molecule has 0 unspecified atom stereocenters. The van der Waals surface area contributed by atoms with Crippen LogP contribution in [0, 0.1) is 0 Å². The average Bonchev–Trinajstić information content (AvgIpc) is 2.94. The van der Waals surface area contributed by atoms with Crippen molar-refractivity contribution < 1.29 is 9.90 Å². The number of aliphatic carboxylic acids is 1. The molecule has 6 heteroatoms. The Kier molecular flexibility index (Phi) is 5.98. The summed E-state index contributed by atoms with van der Waals surface area (Å²) < 4.78 is 2.06. The van der Waals surface area contributed by atoms with Crippen LogP contribution >= 0.6 is 11.6 Å². The first kappa shape index (κ1) is 16.5. The highest BCUT2D eigenvalue weighted by Gasteiger charge is 2.13. The lowest BCUT2D eigenvalue weighted by Gasteiger charge is -2.22. The zero-order valence-electron chi connectivity index (χ0n) is 12.6. The molecule has 1 aromatic heterocycles. The van der Waals surface area contributed by atoms with Crippen LogP contribution in [0.4, 0.5) is 0 Å². The van der Waals surface area contributed by atoms with Gasteiger partial charge in [0.05, 0.1) is 13.0 Å². The van der Waals surface area contributed by atoms with Crippen LogP contribution in [0.2, 0.25) is 5.02 Å². The fourth-order valence-electron chi connectivity index (χ4n) is 2.31. The maximum Gasteiger partial charge on any atom is 0.304 e. The molecule has 5 nitrogen and oxygen atoms in total. The van der Waals surface area contributed by atoms with Crippen LogP contribution in [0.1, 0.15) is 24.7 Å². The fourth-order valence-corrected chi connectivity index (χ4v) is 2.51. The molecule has 0 fully saturated rings. The lowest BCUT2D eigenvalue weighted by molar-refractivity contribution is -0.137. The van der Waals surface area contributed by atoms with Crippen molar-refractivity contribution in [1.29, 1.82) is 0 Å². The van der Waals surface area contributed by atoms with Gasteiger partial charge in [-0.25, -0.2) is 4.98 Å². The molecule has 0 saturated heterocycles.